The molecule has 0 saturated carbocycles. The van der Waals surface area contributed by atoms with E-state index in [4.69, 9.17) is 9.73 Å². The van der Waals surface area contributed by atoms with E-state index in [2.05, 4.69) is 31.2 Å². The number of anilines is 1. The number of hydrogen-bond donors (Lipinski definition) is 10. The second-order valence-electron chi connectivity index (χ2n) is 17.0. The Morgan fingerprint density at radius 1 is 0.566 bits per heavy atom. The van der Waals surface area contributed by atoms with Gasteiger partial charge in [0.15, 0.2) is 0 Å². The molecule has 3 unspecified atom stereocenters. The predicted molar refractivity (Wildman–Crippen MR) is 269 cm³/mol. The topological polar surface area (TPSA) is 405 Å². The number of rotatable bonds is 10. The van der Waals surface area contributed by atoms with Crippen molar-refractivity contribution in [2.75, 3.05) is 48.8 Å². The van der Waals surface area contributed by atoms with E-state index in [0.29, 0.717) is 55.2 Å². The summed E-state index contributed by atoms with van der Waals surface area (Å²) >= 11 is 0. The number of carbonyl (C=O) groups is 6. The van der Waals surface area contributed by atoms with Gasteiger partial charge < -0.3 is 41.7 Å². The Labute approximate surface area is 432 Å². The molecular formula is C47H47N9O17S3. The molecule has 29 heteroatoms. The van der Waals surface area contributed by atoms with Gasteiger partial charge in [-0.05, 0) is 59.2 Å². The first-order valence-electron chi connectivity index (χ1n) is 22.7. The van der Waals surface area contributed by atoms with Crippen molar-refractivity contribution in [1.82, 2.24) is 36.6 Å². The van der Waals surface area contributed by atoms with Gasteiger partial charge in [0.2, 0.25) is 29.5 Å². The van der Waals surface area contributed by atoms with Crippen LogP contribution >= 0.6 is 0 Å². The van der Waals surface area contributed by atoms with E-state index >= 15 is 0 Å². The molecule has 5 aromatic rings. The fraction of sp³-hybridized carbons (Fsp3) is 0.255. The maximum Gasteiger partial charge on any atom is 0.336 e. The van der Waals surface area contributed by atoms with Gasteiger partial charge in [-0.25, -0.2) is 4.79 Å². The third-order valence-corrected chi connectivity index (χ3v) is 13.7. The molecule has 26 nitrogen and oxygen atoms in total. The summed E-state index contributed by atoms with van der Waals surface area (Å²) in [5.41, 5.74) is 3.72. The number of pyridine rings is 2. The second kappa shape index (κ2) is 23.5. The number of carbonyl (C=O) groups excluding carboxylic acids is 5. The molecular weight excluding hydrogens is 1060 g/mol. The lowest BCUT2D eigenvalue weighted by molar-refractivity contribution is -0.132. The summed E-state index contributed by atoms with van der Waals surface area (Å²) in [7, 11) is -15.5. The Balaban J connectivity index is 1.36. The fourth-order valence-electron chi connectivity index (χ4n) is 8.14. The quantitative estimate of drug-likeness (QED) is 0.0738. The average Bonchev–Trinajstić information content (AvgIpc) is 3.35. The van der Waals surface area contributed by atoms with Gasteiger partial charge in [-0.1, -0.05) is 18.2 Å². The second-order valence-corrected chi connectivity index (χ2v) is 21.5. The molecule has 400 valence electrons. The average molecular weight is 1110 g/mol. The molecule has 5 amide bonds. The van der Waals surface area contributed by atoms with Gasteiger partial charge in [0.25, 0.3) is 30.4 Å². The zero-order chi connectivity index (χ0) is 55.0. The maximum atomic E-state index is 13.6. The summed E-state index contributed by atoms with van der Waals surface area (Å²) in [6, 6.07) is 13.0. The van der Waals surface area contributed by atoms with E-state index in [1.165, 1.54) is 18.5 Å². The van der Waals surface area contributed by atoms with Crippen molar-refractivity contribution < 1.29 is 77.5 Å². The van der Waals surface area contributed by atoms with E-state index in [9.17, 15) is 72.8 Å². The summed E-state index contributed by atoms with van der Waals surface area (Å²) < 4.78 is 108. The molecule has 10 N–H and O–H groups in total. The highest BCUT2D eigenvalue weighted by Crippen LogP contribution is 2.43. The third kappa shape index (κ3) is 14.8. The highest BCUT2D eigenvalue weighted by Gasteiger charge is 2.35. The minimum atomic E-state index is -5.23. The lowest BCUT2D eigenvalue weighted by atomic mass is 9.87. The molecule has 2 aliphatic heterocycles. The molecule has 4 heterocycles. The van der Waals surface area contributed by atoms with Crippen molar-refractivity contribution in [3.63, 3.8) is 0 Å². The maximum absolute atomic E-state index is 13.6. The summed E-state index contributed by atoms with van der Waals surface area (Å²) in [5, 5.41) is 25.0. The van der Waals surface area contributed by atoms with E-state index in [1.54, 1.807) is 79.1 Å². The molecule has 0 fully saturated rings. The molecule has 3 aromatic carbocycles. The minimum absolute atomic E-state index is 0.0481. The molecule has 0 aliphatic carbocycles. The zero-order valence-corrected chi connectivity index (χ0v) is 41.9. The first-order valence-corrected chi connectivity index (χ1v) is 27.5. The molecule has 3 atom stereocenters. The molecule has 0 radical (unpaired) electrons. The number of carboxylic acids is 1. The lowest BCUT2D eigenvalue weighted by Gasteiger charge is -2.25. The van der Waals surface area contributed by atoms with Crippen LogP contribution in [0, 0.1) is 0 Å². The van der Waals surface area contributed by atoms with Gasteiger partial charge in [-0.2, -0.15) is 25.3 Å². The van der Waals surface area contributed by atoms with Gasteiger partial charge in [-0.3, -0.25) is 52.6 Å². The first-order chi connectivity index (χ1) is 35.9. The monoisotopic (exact) mass is 1110 g/mol. The summed E-state index contributed by atoms with van der Waals surface area (Å²) in [6.07, 6.45) is 5.40. The smallest absolute Gasteiger partial charge is 0.336 e. The number of nitrogens with zero attached hydrogens (tertiary/aromatic N) is 3. The van der Waals surface area contributed by atoms with Crippen LogP contribution in [-0.4, -0.2) is 151 Å². The molecule has 76 heavy (non-hydrogen) atoms. The minimum Gasteiger partial charge on any atom is -0.478 e. The Morgan fingerprint density at radius 3 is 1.71 bits per heavy atom. The first kappa shape index (κ1) is 55.5. The number of benzene rings is 3. The van der Waals surface area contributed by atoms with Crippen molar-refractivity contribution in [1.29, 1.82) is 0 Å². The molecule has 2 aliphatic rings. The zero-order valence-electron chi connectivity index (χ0n) is 39.5. The van der Waals surface area contributed by atoms with Crippen LogP contribution in [-0.2, 0) is 54.3 Å². The standard InChI is InChI=1S/C47H47N9O17S3/c57-41-9-15-50-34-21-39-32(19-30(34)26-5-11-48-12-6-26)43(28-3-1-2-4-29(28)47(62)63)33-20-31(27-7-13-49-14-8-27)35(22-40(33)73-39)51-16-10-42(58)54-37(24-75(67,68)69)45(60)56-38(25-76(70,71)72)46(61)55-36(23-74(64,65)66)44(59)53-18-17-52-41/h1-8,11-14,19-22,36-38,51H,9-10,15-18,23-25H2,(H,52,57)(H,53,59)(H,54,58)(H,55,61)(H,56,60)(H,62,63)(H,64,65,66)(H,67,68,69)(H,70,71,72)/b50-34+. The highest BCUT2D eigenvalue weighted by atomic mass is 32.2. The van der Waals surface area contributed by atoms with E-state index < -0.39 is 114 Å². The van der Waals surface area contributed by atoms with Crippen LogP contribution in [0.25, 0.3) is 27.8 Å². The summed E-state index contributed by atoms with van der Waals surface area (Å²) in [4.78, 5) is 92.8. The van der Waals surface area contributed by atoms with Gasteiger partial charge in [0.1, 0.15) is 46.9 Å². The van der Waals surface area contributed by atoms with Crippen molar-refractivity contribution in [2.45, 2.75) is 31.0 Å². The van der Waals surface area contributed by atoms with Crippen LogP contribution < -0.4 is 47.2 Å². The number of aromatic carboxylic acids is 1. The van der Waals surface area contributed by atoms with E-state index in [-0.39, 0.29) is 43.1 Å². The fourth-order valence-corrected chi connectivity index (χ4v) is 10.1. The molecule has 2 aromatic heterocycles. The normalized spacial score (nSPS) is 18.9. The van der Waals surface area contributed by atoms with Crippen LogP contribution in [0.1, 0.15) is 34.3 Å². The SMILES string of the molecule is O=C1CC/N=c2\cc3c(cc2-c2ccncc2)=C(c2ccccc2C(=O)O)c2cc(-c4ccncc4)c(cc2O3)NCCC(=O)NC(CS(=O)(=O)O)C(=O)NC(CS(=O)(=O)O)C(=O)NC(CS(=O)(=O)O)C(=O)NCCN1. The number of fused-ring (bicyclic) bond motifs is 2. The lowest BCUT2D eigenvalue weighted by Crippen LogP contribution is -2.60. The number of nitrogens with one attached hydrogen (secondary N) is 6. The van der Waals surface area contributed by atoms with Crippen molar-refractivity contribution in [3.8, 4) is 33.8 Å². The van der Waals surface area contributed by atoms with Crippen LogP contribution in [0.15, 0.2) is 103 Å². The Bertz CT molecular complexity index is 3590. The van der Waals surface area contributed by atoms with E-state index in [1.807, 2.05) is 10.6 Å². The highest BCUT2D eigenvalue weighted by molar-refractivity contribution is 7.86. The summed E-state index contributed by atoms with van der Waals surface area (Å²) in [6.45, 7) is -1.08. The Kier molecular flexibility index (Phi) is 17.2. The van der Waals surface area contributed by atoms with Crippen molar-refractivity contribution in [2.24, 2.45) is 4.99 Å². The van der Waals surface area contributed by atoms with Gasteiger partial charge >= 0.3 is 5.97 Å². The number of hydrogen-bond acceptors (Lipinski definition) is 17. The largest absolute Gasteiger partial charge is 0.478 e. The Hall–Kier alpha value is -8.22. The van der Waals surface area contributed by atoms with Crippen molar-refractivity contribution in [3.05, 3.63) is 125 Å². The number of carboxylic acid groups (broad SMARTS) is 1. The Morgan fingerprint density at radius 2 is 1.12 bits per heavy atom. The van der Waals surface area contributed by atoms with Gasteiger partial charge in [0.05, 0.1) is 10.9 Å². The molecule has 0 spiro atoms. The number of ether oxygens (including phenoxy) is 1. The van der Waals surface area contributed by atoms with E-state index in [0.717, 1.165) is 0 Å². The number of aromatic nitrogens is 2. The number of amides is 5. The van der Waals surface area contributed by atoms with Crippen LogP contribution in [0.2, 0.25) is 0 Å². The molecule has 7 rings (SSSR count). The summed E-state index contributed by atoms with van der Waals surface area (Å²) in [5.74, 6) is -11.7. The van der Waals surface area contributed by atoms with Crippen LogP contribution in [0.4, 0.5) is 5.69 Å². The van der Waals surface area contributed by atoms with Crippen LogP contribution in [0.5, 0.6) is 11.5 Å². The van der Waals surface area contributed by atoms with Crippen molar-refractivity contribution >= 4 is 77.1 Å². The predicted octanol–water partition coefficient (Wildman–Crippen LogP) is -0.963. The molecule has 0 saturated heterocycles. The van der Waals surface area contributed by atoms with Gasteiger partial charge in [-0.15, -0.1) is 0 Å². The molecule has 4 bridgehead atoms. The third-order valence-electron chi connectivity index (χ3n) is 11.5. The van der Waals surface area contributed by atoms with Crippen LogP contribution in [0.3, 0.4) is 0 Å². The van der Waals surface area contributed by atoms with Gasteiger partial charge in [0, 0.05) is 109 Å².